The van der Waals surface area contributed by atoms with Gasteiger partial charge in [0.2, 0.25) is 15.9 Å². The van der Waals surface area contributed by atoms with E-state index in [2.05, 4.69) is 0 Å². The van der Waals surface area contributed by atoms with Gasteiger partial charge in [-0.1, -0.05) is 6.92 Å². The van der Waals surface area contributed by atoms with Crippen LogP contribution in [0.1, 0.15) is 19.8 Å². The Hall–Kier alpha value is -0.330. The molecule has 7 heteroatoms. The Morgan fingerprint density at radius 1 is 1.47 bits per heavy atom. The molecule has 0 aromatic rings. The van der Waals surface area contributed by atoms with Crippen LogP contribution in [0.2, 0.25) is 0 Å². The van der Waals surface area contributed by atoms with E-state index in [1.165, 1.54) is 4.31 Å². The van der Waals surface area contributed by atoms with Crippen molar-refractivity contribution in [3.05, 3.63) is 0 Å². The van der Waals surface area contributed by atoms with E-state index in [-0.39, 0.29) is 23.5 Å². The van der Waals surface area contributed by atoms with E-state index in [9.17, 15) is 13.2 Å². The maximum absolute atomic E-state index is 12.0. The first-order chi connectivity index (χ1) is 7.86. The van der Waals surface area contributed by atoms with Crippen LogP contribution in [0.15, 0.2) is 0 Å². The molecule has 0 spiro atoms. The molecule has 0 aliphatic carbocycles. The Morgan fingerprint density at radius 3 is 2.41 bits per heavy atom. The van der Waals surface area contributed by atoms with Crippen molar-refractivity contribution in [2.24, 2.45) is 17.6 Å². The van der Waals surface area contributed by atoms with Crippen LogP contribution in [0.3, 0.4) is 0 Å². The maximum Gasteiger partial charge on any atom is 0.220 e. The smallest absolute Gasteiger partial charge is 0.220 e. The van der Waals surface area contributed by atoms with Crippen LogP contribution in [0.4, 0.5) is 0 Å². The summed E-state index contributed by atoms with van der Waals surface area (Å²) in [6, 6.07) is 0. The van der Waals surface area contributed by atoms with Crippen LogP contribution in [0.25, 0.3) is 0 Å². The fraction of sp³-hybridized carbons (Fsp3) is 0.900. The monoisotopic (exact) mass is 282 g/mol. The highest BCUT2D eigenvalue weighted by Gasteiger charge is 2.30. The number of piperidine rings is 1. The van der Waals surface area contributed by atoms with E-state index in [0.717, 1.165) is 0 Å². The molecule has 1 rings (SSSR count). The number of hydrogen-bond donors (Lipinski definition) is 1. The highest BCUT2D eigenvalue weighted by molar-refractivity contribution is 7.89. The molecule has 0 aromatic heterocycles. The predicted molar refractivity (Wildman–Crippen MR) is 67.2 cm³/mol. The van der Waals surface area contributed by atoms with E-state index in [1.54, 1.807) is 6.92 Å². The lowest BCUT2D eigenvalue weighted by molar-refractivity contribution is -0.122. The summed E-state index contributed by atoms with van der Waals surface area (Å²) >= 11 is 5.62. The van der Waals surface area contributed by atoms with Gasteiger partial charge in [0, 0.05) is 24.9 Å². The second-order valence-corrected chi connectivity index (χ2v) is 6.94. The molecular formula is C10H19ClN2O3S. The highest BCUT2D eigenvalue weighted by atomic mass is 35.5. The van der Waals surface area contributed by atoms with Crippen molar-refractivity contribution in [1.82, 2.24) is 4.31 Å². The summed E-state index contributed by atoms with van der Waals surface area (Å²) in [5.41, 5.74) is 5.20. The third-order valence-corrected chi connectivity index (χ3v) is 5.68. The van der Waals surface area contributed by atoms with Gasteiger partial charge in [0.25, 0.3) is 0 Å². The van der Waals surface area contributed by atoms with Gasteiger partial charge < -0.3 is 5.73 Å². The third-order valence-electron chi connectivity index (χ3n) is 3.01. The van der Waals surface area contributed by atoms with Crippen molar-refractivity contribution in [2.75, 3.05) is 24.7 Å². The number of rotatable bonds is 5. The summed E-state index contributed by atoms with van der Waals surface area (Å²) in [5, 5.41) is 0. The number of nitrogens with two attached hydrogens (primary N) is 1. The van der Waals surface area contributed by atoms with Gasteiger partial charge in [0.15, 0.2) is 0 Å². The van der Waals surface area contributed by atoms with Crippen LogP contribution < -0.4 is 5.73 Å². The lowest BCUT2D eigenvalue weighted by Crippen LogP contribution is -2.43. The summed E-state index contributed by atoms with van der Waals surface area (Å²) in [7, 11) is -3.25. The van der Waals surface area contributed by atoms with E-state index in [4.69, 9.17) is 17.3 Å². The molecule has 5 nitrogen and oxygen atoms in total. The van der Waals surface area contributed by atoms with Crippen molar-refractivity contribution in [1.29, 1.82) is 0 Å². The molecule has 0 bridgehead atoms. The van der Waals surface area contributed by atoms with E-state index in [1.807, 2.05) is 0 Å². The van der Waals surface area contributed by atoms with Gasteiger partial charge in [-0.2, -0.15) is 0 Å². The quantitative estimate of drug-likeness (QED) is 0.741. The van der Waals surface area contributed by atoms with Crippen LogP contribution in [-0.2, 0) is 14.8 Å². The topological polar surface area (TPSA) is 80.5 Å². The lowest BCUT2D eigenvalue weighted by atomic mass is 9.98. The SMILES string of the molecule is CC(CCl)CS(=O)(=O)N1CCC(C(N)=O)CC1. The molecule has 1 heterocycles. The van der Waals surface area contributed by atoms with Crippen LogP contribution in [0, 0.1) is 11.8 Å². The first-order valence-electron chi connectivity index (χ1n) is 5.70. The molecule has 100 valence electrons. The van der Waals surface area contributed by atoms with Gasteiger partial charge in [-0.15, -0.1) is 11.6 Å². The number of carbonyl (C=O) groups excluding carboxylic acids is 1. The van der Waals surface area contributed by atoms with E-state index < -0.39 is 10.0 Å². The first kappa shape index (κ1) is 14.7. The molecule has 1 atom stereocenters. The molecule has 1 unspecified atom stereocenters. The Labute approximate surface area is 107 Å². The fourth-order valence-corrected chi connectivity index (χ4v) is 3.98. The lowest BCUT2D eigenvalue weighted by Gasteiger charge is -2.30. The molecular weight excluding hydrogens is 264 g/mol. The van der Waals surface area contributed by atoms with Crippen molar-refractivity contribution in [3.8, 4) is 0 Å². The van der Waals surface area contributed by atoms with Gasteiger partial charge in [-0.25, -0.2) is 12.7 Å². The number of sulfonamides is 1. The molecule has 0 aromatic carbocycles. The number of carbonyl (C=O) groups is 1. The maximum atomic E-state index is 12.0. The summed E-state index contributed by atoms with van der Waals surface area (Å²) in [6.07, 6.45) is 1.04. The van der Waals surface area contributed by atoms with Crippen LogP contribution in [0.5, 0.6) is 0 Å². The third kappa shape index (κ3) is 4.12. The van der Waals surface area contributed by atoms with Crippen molar-refractivity contribution in [2.45, 2.75) is 19.8 Å². The molecule has 1 fully saturated rings. The van der Waals surface area contributed by atoms with E-state index in [0.29, 0.717) is 31.8 Å². The van der Waals surface area contributed by atoms with Gasteiger partial charge in [-0.3, -0.25) is 4.79 Å². The normalized spacial score (nSPS) is 21.3. The second-order valence-electron chi connectivity index (χ2n) is 4.61. The zero-order valence-corrected chi connectivity index (χ0v) is 11.5. The second kappa shape index (κ2) is 6.02. The zero-order valence-electron chi connectivity index (χ0n) is 9.93. The minimum absolute atomic E-state index is 0.0597. The number of primary amides is 1. The number of amides is 1. The Balaban J connectivity index is 2.56. The highest BCUT2D eigenvalue weighted by Crippen LogP contribution is 2.20. The van der Waals surface area contributed by atoms with Gasteiger partial charge in [0.05, 0.1) is 5.75 Å². The average molecular weight is 283 g/mol. The molecule has 1 saturated heterocycles. The van der Waals surface area contributed by atoms with Crippen molar-refractivity contribution in [3.63, 3.8) is 0 Å². The largest absolute Gasteiger partial charge is 0.369 e. The zero-order chi connectivity index (χ0) is 13.1. The summed E-state index contributed by atoms with van der Waals surface area (Å²) in [6.45, 7) is 2.57. The molecule has 1 amide bonds. The Bertz CT molecular complexity index is 364. The van der Waals surface area contributed by atoms with E-state index >= 15 is 0 Å². The van der Waals surface area contributed by atoms with Gasteiger partial charge >= 0.3 is 0 Å². The predicted octanol–water partition coefficient (Wildman–Crippen LogP) is 0.388. The summed E-state index contributed by atoms with van der Waals surface area (Å²) < 4.78 is 25.4. The number of halogens is 1. The molecule has 2 N–H and O–H groups in total. The summed E-state index contributed by atoms with van der Waals surface area (Å²) in [4.78, 5) is 11.0. The number of alkyl halides is 1. The van der Waals surface area contributed by atoms with Gasteiger partial charge in [0.1, 0.15) is 0 Å². The standard InChI is InChI=1S/C10H19ClN2O3S/c1-8(6-11)7-17(15,16)13-4-2-9(3-5-13)10(12)14/h8-9H,2-7H2,1H3,(H2,12,14). The molecule has 1 aliphatic heterocycles. The fourth-order valence-electron chi connectivity index (χ4n) is 1.93. The van der Waals surface area contributed by atoms with Crippen LogP contribution in [-0.4, -0.2) is 43.4 Å². The summed E-state index contributed by atoms with van der Waals surface area (Å²) in [5.74, 6) is -0.187. The Morgan fingerprint density at radius 2 is 2.00 bits per heavy atom. The average Bonchev–Trinajstić information content (AvgIpc) is 2.28. The van der Waals surface area contributed by atoms with Crippen molar-refractivity contribution >= 4 is 27.5 Å². The molecule has 0 radical (unpaired) electrons. The molecule has 0 saturated carbocycles. The molecule has 1 aliphatic rings. The van der Waals surface area contributed by atoms with Crippen LogP contribution >= 0.6 is 11.6 Å². The minimum atomic E-state index is -3.25. The molecule has 17 heavy (non-hydrogen) atoms. The minimum Gasteiger partial charge on any atom is -0.369 e. The Kier molecular flexibility index (Phi) is 5.22. The van der Waals surface area contributed by atoms with Gasteiger partial charge in [-0.05, 0) is 18.8 Å². The number of hydrogen-bond acceptors (Lipinski definition) is 3. The van der Waals surface area contributed by atoms with Crippen molar-refractivity contribution < 1.29 is 13.2 Å². The first-order valence-corrected chi connectivity index (χ1v) is 7.84. The number of nitrogens with zero attached hydrogens (tertiary/aromatic N) is 1.